The Morgan fingerprint density at radius 2 is 2.22 bits per heavy atom. The summed E-state index contributed by atoms with van der Waals surface area (Å²) in [5, 5.41) is 11.7. The van der Waals surface area contributed by atoms with Crippen molar-refractivity contribution in [1.29, 1.82) is 0 Å². The Bertz CT molecular complexity index is 308. The van der Waals surface area contributed by atoms with E-state index in [9.17, 15) is 9.59 Å². The molecule has 2 amide bonds. The van der Waals surface area contributed by atoms with Crippen molar-refractivity contribution < 1.29 is 19.4 Å². The van der Waals surface area contributed by atoms with E-state index in [1.807, 2.05) is 20.8 Å². The summed E-state index contributed by atoms with van der Waals surface area (Å²) in [5.41, 5.74) is 0. The first-order valence-electron chi connectivity index (χ1n) is 6.35. The third-order valence-electron chi connectivity index (χ3n) is 3.29. The topological polar surface area (TPSA) is 78.9 Å². The zero-order valence-corrected chi connectivity index (χ0v) is 11.2. The van der Waals surface area contributed by atoms with Crippen LogP contribution in [0.25, 0.3) is 0 Å². The molecule has 0 bridgehead atoms. The Morgan fingerprint density at radius 1 is 1.56 bits per heavy atom. The van der Waals surface area contributed by atoms with Gasteiger partial charge in [0.05, 0.1) is 12.7 Å². The van der Waals surface area contributed by atoms with Gasteiger partial charge in [0.25, 0.3) is 0 Å². The number of rotatable bonds is 4. The quantitative estimate of drug-likeness (QED) is 0.785. The molecule has 1 aliphatic rings. The Labute approximate surface area is 107 Å². The molecular weight excluding hydrogens is 236 g/mol. The zero-order valence-electron chi connectivity index (χ0n) is 11.2. The normalized spacial score (nSPS) is 23.3. The van der Waals surface area contributed by atoms with Crippen molar-refractivity contribution in [3.8, 4) is 0 Å². The number of ether oxygens (including phenoxy) is 1. The molecular formula is C12H22N2O4. The summed E-state index contributed by atoms with van der Waals surface area (Å²) in [5.74, 6) is -1.08. The number of carbonyl (C=O) groups excluding carboxylic acids is 1. The molecule has 0 aromatic rings. The number of nitrogens with zero attached hydrogens (tertiary/aromatic N) is 1. The van der Waals surface area contributed by atoms with Crippen molar-refractivity contribution in [1.82, 2.24) is 10.2 Å². The predicted molar refractivity (Wildman–Crippen MR) is 66.4 cm³/mol. The molecule has 1 fully saturated rings. The number of hydrogen-bond donors (Lipinski definition) is 2. The van der Waals surface area contributed by atoms with E-state index in [-0.39, 0.29) is 18.1 Å². The van der Waals surface area contributed by atoms with Gasteiger partial charge in [0.2, 0.25) is 0 Å². The van der Waals surface area contributed by atoms with E-state index in [1.165, 1.54) is 0 Å². The van der Waals surface area contributed by atoms with E-state index in [4.69, 9.17) is 9.84 Å². The average Bonchev–Trinajstić information content (AvgIpc) is 2.34. The summed E-state index contributed by atoms with van der Waals surface area (Å²) >= 11 is 0. The molecule has 0 aromatic heterocycles. The molecule has 1 saturated heterocycles. The summed E-state index contributed by atoms with van der Waals surface area (Å²) in [6.07, 6.45) is 0.702. The molecule has 1 heterocycles. The number of carboxylic acids is 1. The lowest BCUT2D eigenvalue weighted by molar-refractivity contribution is -0.140. The number of nitrogens with one attached hydrogen (secondary N) is 1. The van der Waals surface area contributed by atoms with Crippen LogP contribution < -0.4 is 5.32 Å². The fourth-order valence-corrected chi connectivity index (χ4v) is 1.91. The van der Waals surface area contributed by atoms with E-state index in [0.717, 1.165) is 0 Å². The molecule has 3 atom stereocenters. The van der Waals surface area contributed by atoms with E-state index < -0.39 is 12.0 Å². The smallest absolute Gasteiger partial charge is 0.326 e. The zero-order chi connectivity index (χ0) is 13.7. The Hall–Kier alpha value is -1.30. The van der Waals surface area contributed by atoms with E-state index in [2.05, 4.69) is 5.32 Å². The van der Waals surface area contributed by atoms with Crippen LogP contribution in [-0.4, -0.2) is 53.8 Å². The van der Waals surface area contributed by atoms with Crippen LogP contribution in [0.1, 0.15) is 27.2 Å². The van der Waals surface area contributed by atoms with Gasteiger partial charge in [-0.05, 0) is 12.8 Å². The van der Waals surface area contributed by atoms with Gasteiger partial charge >= 0.3 is 12.0 Å². The van der Waals surface area contributed by atoms with Gasteiger partial charge in [-0.1, -0.05) is 20.3 Å². The van der Waals surface area contributed by atoms with Gasteiger partial charge in [-0.15, -0.1) is 0 Å². The molecule has 6 nitrogen and oxygen atoms in total. The van der Waals surface area contributed by atoms with Crippen LogP contribution in [0.5, 0.6) is 0 Å². The van der Waals surface area contributed by atoms with Crippen molar-refractivity contribution in [3.63, 3.8) is 0 Å². The first-order valence-corrected chi connectivity index (χ1v) is 6.35. The first kappa shape index (κ1) is 14.8. The molecule has 1 rings (SSSR count). The maximum atomic E-state index is 12.0. The minimum atomic E-state index is -0.987. The fraction of sp³-hybridized carbons (Fsp3) is 0.833. The lowest BCUT2D eigenvalue weighted by Crippen LogP contribution is -2.54. The van der Waals surface area contributed by atoms with Gasteiger partial charge < -0.3 is 20.1 Å². The fourth-order valence-electron chi connectivity index (χ4n) is 1.91. The third-order valence-corrected chi connectivity index (χ3v) is 3.29. The van der Waals surface area contributed by atoms with Crippen LogP contribution >= 0.6 is 0 Å². The molecule has 3 unspecified atom stereocenters. The van der Waals surface area contributed by atoms with Crippen molar-refractivity contribution in [2.24, 2.45) is 5.92 Å². The van der Waals surface area contributed by atoms with Crippen molar-refractivity contribution in [2.45, 2.75) is 39.3 Å². The average molecular weight is 258 g/mol. The molecule has 104 valence electrons. The summed E-state index contributed by atoms with van der Waals surface area (Å²) in [6.45, 7) is 7.12. The Balaban J connectivity index is 2.58. The molecule has 1 aliphatic heterocycles. The standard InChI is InChI=1S/C12H22N2O4/c1-4-8(2)10(11(15)16)13-12(17)14-5-6-18-9(3)7-14/h8-10H,4-7H2,1-3H3,(H,13,17)(H,15,16). The van der Waals surface area contributed by atoms with Crippen LogP contribution in [-0.2, 0) is 9.53 Å². The summed E-state index contributed by atoms with van der Waals surface area (Å²) in [4.78, 5) is 24.7. The number of carboxylic acid groups (broad SMARTS) is 1. The SMILES string of the molecule is CCC(C)C(NC(=O)N1CCOC(C)C1)C(=O)O. The highest BCUT2D eigenvalue weighted by Crippen LogP contribution is 2.10. The summed E-state index contributed by atoms with van der Waals surface area (Å²) in [7, 11) is 0. The Morgan fingerprint density at radius 3 is 2.72 bits per heavy atom. The van der Waals surface area contributed by atoms with Gasteiger partial charge in [0, 0.05) is 13.1 Å². The molecule has 0 saturated carbocycles. The van der Waals surface area contributed by atoms with Gasteiger partial charge in [0.15, 0.2) is 0 Å². The van der Waals surface area contributed by atoms with Crippen molar-refractivity contribution >= 4 is 12.0 Å². The molecule has 0 aliphatic carbocycles. The maximum absolute atomic E-state index is 12.0. The van der Waals surface area contributed by atoms with Gasteiger partial charge in [-0.3, -0.25) is 0 Å². The largest absolute Gasteiger partial charge is 0.480 e. The van der Waals surface area contributed by atoms with E-state index >= 15 is 0 Å². The molecule has 0 aromatic carbocycles. The van der Waals surface area contributed by atoms with Crippen molar-refractivity contribution in [3.05, 3.63) is 0 Å². The van der Waals surface area contributed by atoms with Crippen LogP contribution in [0, 0.1) is 5.92 Å². The highest BCUT2D eigenvalue weighted by molar-refractivity contribution is 5.82. The monoisotopic (exact) mass is 258 g/mol. The number of hydrogen-bond acceptors (Lipinski definition) is 3. The molecule has 0 spiro atoms. The maximum Gasteiger partial charge on any atom is 0.326 e. The minimum Gasteiger partial charge on any atom is -0.480 e. The van der Waals surface area contributed by atoms with Crippen LogP contribution in [0.15, 0.2) is 0 Å². The lowest BCUT2D eigenvalue weighted by Gasteiger charge is -2.32. The second kappa shape index (κ2) is 6.58. The van der Waals surface area contributed by atoms with Crippen LogP contribution in [0.3, 0.4) is 0 Å². The minimum absolute atomic E-state index is 0.00335. The second-order valence-corrected chi connectivity index (χ2v) is 4.78. The second-order valence-electron chi connectivity index (χ2n) is 4.78. The van der Waals surface area contributed by atoms with Crippen LogP contribution in [0.2, 0.25) is 0 Å². The predicted octanol–water partition coefficient (Wildman–Crippen LogP) is 0.916. The molecule has 0 radical (unpaired) electrons. The van der Waals surface area contributed by atoms with Gasteiger partial charge in [-0.25, -0.2) is 9.59 Å². The van der Waals surface area contributed by atoms with E-state index in [0.29, 0.717) is 26.1 Å². The van der Waals surface area contributed by atoms with Crippen molar-refractivity contribution in [2.75, 3.05) is 19.7 Å². The molecule has 6 heteroatoms. The summed E-state index contributed by atoms with van der Waals surface area (Å²) < 4.78 is 5.34. The van der Waals surface area contributed by atoms with Crippen LogP contribution in [0.4, 0.5) is 4.79 Å². The molecule has 18 heavy (non-hydrogen) atoms. The number of morpholine rings is 1. The van der Waals surface area contributed by atoms with E-state index in [1.54, 1.807) is 4.90 Å². The third kappa shape index (κ3) is 3.87. The summed E-state index contributed by atoms with van der Waals surface area (Å²) in [6, 6.07) is -1.15. The highest BCUT2D eigenvalue weighted by atomic mass is 16.5. The number of aliphatic carboxylic acids is 1. The van der Waals surface area contributed by atoms with Gasteiger partial charge in [-0.2, -0.15) is 0 Å². The number of urea groups is 1. The molecule has 2 N–H and O–H groups in total. The number of amides is 2. The highest BCUT2D eigenvalue weighted by Gasteiger charge is 2.29. The first-order chi connectivity index (χ1) is 8.45. The lowest BCUT2D eigenvalue weighted by atomic mass is 9.99. The Kier molecular flexibility index (Phi) is 5.40. The van der Waals surface area contributed by atoms with Gasteiger partial charge in [0.1, 0.15) is 6.04 Å². The number of carbonyl (C=O) groups is 2.